The Morgan fingerprint density at radius 1 is 1.39 bits per heavy atom. The van der Waals surface area contributed by atoms with Gasteiger partial charge in [-0.25, -0.2) is 4.79 Å². The molecule has 2 heterocycles. The SMILES string of the molecule is CC1(OCC(=O)O)CN(C(=O)C2(C)CCCN2)C1. The first-order valence-electron chi connectivity index (χ1n) is 6.25. The summed E-state index contributed by atoms with van der Waals surface area (Å²) in [6.45, 7) is 5.27. The molecule has 2 aliphatic rings. The summed E-state index contributed by atoms with van der Waals surface area (Å²) in [5, 5.41) is 11.8. The Labute approximate surface area is 106 Å². The van der Waals surface area contributed by atoms with Crippen LogP contribution in [0.4, 0.5) is 0 Å². The molecular weight excluding hydrogens is 236 g/mol. The largest absolute Gasteiger partial charge is 0.480 e. The molecule has 6 heteroatoms. The van der Waals surface area contributed by atoms with Crippen molar-refractivity contribution in [3.63, 3.8) is 0 Å². The predicted octanol–water partition coefficient (Wildman–Crippen LogP) is -0.169. The molecule has 102 valence electrons. The molecule has 0 saturated carbocycles. The van der Waals surface area contributed by atoms with E-state index in [2.05, 4.69) is 5.32 Å². The Morgan fingerprint density at radius 2 is 2.06 bits per heavy atom. The van der Waals surface area contributed by atoms with Gasteiger partial charge in [-0.2, -0.15) is 0 Å². The van der Waals surface area contributed by atoms with E-state index in [4.69, 9.17) is 9.84 Å². The van der Waals surface area contributed by atoms with Gasteiger partial charge < -0.3 is 20.1 Å². The van der Waals surface area contributed by atoms with Gasteiger partial charge in [0.05, 0.1) is 18.6 Å². The number of ether oxygens (including phenoxy) is 1. The van der Waals surface area contributed by atoms with Crippen molar-refractivity contribution in [2.75, 3.05) is 26.2 Å². The van der Waals surface area contributed by atoms with Crippen molar-refractivity contribution in [2.24, 2.45) is 0 Å². The van der Waals surface area contributed by atoms with Crippen molar-refractivity contribution >= 4 is 11.9 Å². The molecule has 2 fully saturated rings. The van der Waals surface area contributed by atoms with E-state index in [1.54, 1.807) is 4.90 Å². The minimum absolute atomic E-state index is 0.0939. The molecule has 0 aromatic carbocycles. The van der Waals surface area contributed by atoms with Gasteiger partial charge in [-0.1, -0.05) is 0 Å². The maximum absolute atomic E-state index is 12.3. The van der Waals surface area contributed by atoms with Crippen molar-refractivity contribution in [2.45, 2.75) is 37.8 Å². The van der Waals surface area contributed by atoms with E-state index in [9.17, 15) is 9.59 Å². The third kappa shape index (κ3) is 2.49. The molecular formula is C12H20N2O4. The van der Waals surface area contributed by atoms with Crippen LogP contribution in [0.2, 0.25) is 0 Å². The normalized spacial score (nSPS) is 30.0. The summed E-state index contributed by atoms with van der Waals surface area (Å²) in [7, 11) is 0. The standard InChI is InChI=1S/C12H20N2O4/c1-11(18-6-9(15)16)7-14(8-11)10(17)12(2)4-3-5-13-12/h13H,3-8H2,1-2H3,(H,15,16). The maximum atomic E-state index is 12.3. The summed E-state index contributed by atoms with van der Waals surface area (Å²) in [4.78, 5) is 24.4. The fourth-order valence-corrected chi connectivity index (χ4v) is 2.66. The van der Waals surface area contributed by atoms with Crippen molar-refractivity contribution in [3.05, 3.63) is 0 Å². The molecule has 2 saturated heterocycles. The summed E-state index contributed by atoms with van der Waals surface area (Å²) in [5.74, 6) is -0.887. The molecule has 1 unspecified atom stereocenters. The quantitative estimate of drug-likeness (QED) is 0.730. The fourth-order valence-electron chi connectivity index (χ4n) is 2.66. The van der Waals surface area contributed by atoms with Crippen molar-refractivity contribution in [3.8, 4) is 0 Å². The van der Waals surface area contributed by atoms with Gasteiger partial charge >= 0.3 is 5.97 Å². The summed E-state index contributed by atoms with van der Waals surface area (Å²) in [6, 6.07) is 0. The third-order valence-corrected chi connectivity index (χ3v) is 3.72. The number of likely N-dealkylation sites (tertiary alicyclic amines) is 1. The van der Waals surface area contributed by atoms with Gasteiger partial charge in [0, 0.05) is 0 Å². The molecule has 0 aromatic rings. The molecule has 6 nitrogen and oxygen atoms in total. The Kier molecular flexibility index (Phi) is 3.33. The van der Waals surface area contributed by atoms with Crippen LogP contribution in [-0.2, 0) is 14.3 Å². The number of rotatable bonds is 4. The first-order valence-corrected chi connectivity index (χ1v) is 6.25. The molecule has 2 N–H and O–H groups in total. The number of hydrogen-bond acceptors (Lipinski definition) is 4. The minimum atomic E-state index is -0.981. The molecule has 0 aliphatic carbocycles. The van der Waals surface area contributed by atoms with Crippen LogP contribution in [0.15, 0.2) is 0 Å². The van der Waals surface area contributed by atoms with Crippen molar-refractivity contribution in [1.82, 2.24) is 10.2 Å². The Hall–Kier alpha value is -1.14. The number of carboxylic acid groups (broad SMARTS) is 1. The van der Waals surface area contributed by atoms with Crippen LogP contribution in [-0.4, -0.2) is 59.3 Å². The zero-order chi connectivity index (χ0) is 13.4. The third-order valence-electron chi connectivity index (χ3n) is 3.72. The molecule has 1 atom stereocenters. The van der Waals surface area contributed by atoms with Crippen LogP contribution in [0.25, 0.3) is 0 Å². The average Bonchev–Trinajstić information content (AvgIpc) is 2.70. The van der Waals surface area contributed by atoms with E-state index in [1.165, 1.54) is 0 Å². The summed E-state index contributed by atoms with van der Waals surface area (Å²) in [6.07, 6.45) is 1.87. The predicted molar refractivity (Wildman–Crippen MR) is 64.2 cm³/mol. The van der Waals surface area contributed by atoms with Gasteiger partial charge in [0.1, 0.15) is 12.2 Å². The Bertz CT molecular complexity index is 357. The number of nitrogens with one attached hydrogen (secondary N) is 1. The van der Waals surface area contributed by atoms with E-state index in [-0.39, 0.29) is 12.5 Å². The number of carbonyl (C=O) groups excluding carboxylic acids is 1. The van der Waals surface area contributed by atoms with E-state index in [1.807, 2.05) is 13.8 Å². The van der Waals surface area contributed by atoms with Crippen molar-refractivity contribution < 1.29 is 19.4 Å². The second-order valence-electron chi connectivity index (χ2n) is 5.66. The maximum Gasteiger partial charge on any atom is 0.329 e. The summed E-state index contributed by atoms with van der Waals surface area (Å²) in [5.41, 5.74) is -0.961. The van der Waals surface area contributed by atoms with Gasteiger partial charge in [-0.05, 0) is 33.2 Å². The molecule has 2 aliphatic heterocycles. The minimum Gasteiger partial charge on any atom is -0.480 e. The van der Waals surface area contributed by atoms with Crippen molar-refractivity contribution in [1.29, 1.82) is 0 Å². The summed E-state index contributed by atoms with van der Waals surface area (Å²) >= 11 is 0. The highest BCUT2D eigenvalue weighted by Crippen LogP contribution is 2.29. The Morgan fingerprint density at radius 3 is 2.56 bits per heavy atom. The van der Waals surface area contributed by atoms with Crippen LogP contribution >= 0.6 is 0 Å². The molecule has 2 rings (SSSR count). The topological polar surface area (TPSA) is 78.9 Å². The highest BCUT2D eigenvalue weighted by molar-refractivity contribution is 5.87. The lowest BCUT2D eigenvalue weighted by Crippen LogP contribution is -2.68. The number of carbonyl (C=O) groups is 2. The molecule has 18 heavy (non-hydrogen) atoms. The van der Waals surface area contributed by atoms with Gasteiger partial charge in [0.15, 0.2) is 0 Å². The second-order valence-corrected chi connectivity index (χ2v) is 5.66. The van der Waals surface area contributed by atoms with Crippen LogP contribution in [0.1, 0.15) is 26.7 Å². The van der Waals surface area contributed by atoms with Crippen LogP contribution in [0.5, 0.6) is 0 Å². The smallest absolute Gasteiger partial charge is 0.329 e. The second kappa shape index (κ2) is 4.51. The van der Waals surface area contributed by atoms with E-state index in [0.29, 0.717) is 13.1 Å². The average molecular weight is 256 g/mol. The molecule has 0 bridgehead atoms. The van der Waals surface area contributed by atoms with E-state index >= 15 is 0 Å². The zero-order valence-electron chi connectivity index (χ0n) is 10.9. The Balaban J connectivity index is 1.84. The molecule has 0 radical (unpaired) electrons. The molecule has 1 amide bonds. The highest BCUT2D eigenvalue weighted by atomic mass is 16.5. The number of carboxylic acids is 1. The lowest BCUT2D eigenvalue weighted by atomic mass is 9.90. The zero-order valence-corrected chi connectivity index (χ0v) is 10.9. The van der Waals surface area contributed by atoms with Crippen LogP contribution in [0.3, 0.4) is 0 Å². The molecule has 0 spiro atoms. The first-order chi connectivity index (χ1) is 8.35. The van der Waals surface area contributed by atoms with Gasteiger partial charge in [-0.15, -0.1) is 0 Å². The number of hydrogen-bond donors (Lipinski definition) is 2. The molecule has 0 aromatic heterocycles. The first kappa shape index (κ1) is 13.3. The summed E-state index contributed by atoms with van der Waals surface area (Å²) < 4.78 is 5.29. The highest BCUT2D eigenvalue weighted by Gasteiger charge is 2.48. The van der Waals surface area contributed by atoms with Gasteiger partial charge in [-0.3, -0.25) is 4.79 Å². The number of nitrogens with zero attached hydrogens (tertiary/aromatic N) is 1. The van der Waals surface area contributed by atoms with Gasteiger partial charge in [0.25, 0.3) is 0 Å². The number of aliphatic carboxylic acids is 1. The fraction of sp³-hybridized carbons (Fsp3) is 0.833. The number of amides is 1. The van der Waals surface area contributed by atoms with E-state index < -0.39 is 17.1 Å². The lowest BCUT2D eigenvalue weighted by molar-refractivity contribution is -0.176. The van der Waals surface area contributed by atoms with Gasteiger partial charge in [0.2, 0.25) is 5.91 Å². The monoisotopic (exact) mass is 256 g/mol. The lowest BCUT2D eigenvalue weighted by Gasteiger charge is -2.49. The van der Waals surface area contributed by atoms with Crippen LogP contribution < -0.4 is 5.32 Å². The van der Waals surface area contributed by atoms with Crippen LogP contribution in [0, 0.1) is 0 Å². The van der Waals surface area contributed by atoms with E-state index in [0.717, 1.165) is 19.4 Å².